The molecule has 0 saturated carbocycles. The smallest absolute Gasteiger partial charge is 0.255 e. The summed E-state index contributed by atoms with van der Waals surface area (Å²) in [6.07, 6.45) is 6.40. The standard InChI is InChI=1S/C12H11N3OS/c16-9-5-13-11-10-7-3-1-2-4-8(7)17-12(10)14-6-15(9)11/h6H,1-5H2. The van der Waals surface area contributed by atoms with Gasteiger partial charge in [-0.15, -0.1) is 11.3 Å². The first-order valence-electron chi connectivity index (χ1n) is 5.90. The fourth-order valence-electron chi connectivity index (χ4n) is 2.71. The maximum atomic E-state index is 11.6. The minimum atomic E-state index is 0.0326. The van der Waals surface area contributed by atoms with E-state index in [1.54, 1.807) is 22.6 Å². The van der Waals surface area contributed by atoms with E-state index in [9.17, 15) is 4.79 Å². The number of hydrogen-bond acceptors (Lipinski definition) is 4. The van der Waals surface area contributed by atoms with E-state index >= 15 is 0 Å². The van der Waals surface area contributed by atoms with E-state index in [2.05, 4.69) is 9.98 Å². The topological polar surface area (TPSA) is 45.0 Å². The van der Waals surface area contributed by atoms with Gasteiger partial charge in [-0.05, 0) is 31.2 Å². The zero-order valence-electron chi connectivity index (χ0n) is 9.27. The Morgan fingerprint density at radius 2 is 2.18 bits per heavy atom. The van der Waals surface area contributed by atoms with Gasteiger partial charge in [-0.25, -0.2) is 4.99 Å². The van der Waals surface area contributed by atoms with Crippen LogP contribution in [0, 0.1) is 0 Å². The van der Waals surface area contributed by atoms with Gasteiger partial charge in [0.2, 0.25) is 0 Å². The Morgan fingerprint density at radius 1 is 1.29 bits per heavy atom. The van der Waals surface area contributed by atoms with Crippen LogP contribution in [0.4, 0.5) is 5.00 Å². The van der Waals surface area contributed by atoms with Crippen LogP contribution < -0.4 is 0 Å². The van der Waals surface area contributed by atoms with Gasteiger partial charge in [0.05, 0.1) is 5.56 Å². The van der Waals surface area contributed by atoms with Gasteiger partial charge in [-0.3, -0.25) is 14.7 Å². The van der Waals surface area contributed by atoms with E-state index in [1.807, 2.05) is 0 Å². The summed E-state index contributed by atoms with van der Waals surface area (Å²) in [6.45, 7) is 0.269. The highest BCUT2D eigenvalue weighted by molar-refractivity contribution is 7.16. The molecule has 1 aliphatic carbocycles. The summed E-state index contributed by atoms with van der Waals surface area (Å²) < 4.78 is 0. The van der Waals surface area contributed by atoms with Crippen molar-refractivity contribution >= 4 is 34.4 Å². The maximum absolute atomic E-state index is 11.6. The Morgan fingerprint density at radius 3 is 3.12 bits per heavy atom. The van der Waals surface area contributed by atoms with E-state index in [4.69, 9.17) is 0 Å². The largest absolute Gasteiger partial charge is 0.272 e. The molecule has 4 nitrogen and oxygen atoms in total. The van der Waals surface area contributed by atoms with Crippen molar-refractivity contribution in [3.63, 3.8) is 0 Å². The lowest BCUT2D eigenvalue weighted by Gasteiger charge is -2.19. The predicted octanol–water partition coefficient (Wildman–Crippen LogP) is 1.89. The van der Waals surface area contributed by atoms with Crippen LogP contribution in [0.5, 0.6) is 0 Å². The summed E-state index contributed by atoms with van der Waals surface area (Å²) in [6, 6.07) is 0. The van der Waals surface area contributed by atoms with Gasteiger partial charge in [0.25, 0.3) is 5.91 Å². The molecule has 0 spiro atoms. The van der Waals surface area contributed by atoms with Gasteiger partial charge in [0, 0.05) is 4.88 Å². The first kappa shape index (κ1) is 9.53. The van der Waals surface area contributed by atoms with Crippen molar-refractivity contribution in [3.8, 4) is 0 Å². The number of aliphatic imine (C=N–C) groups is 2. The van der Waals surface area contributed by atoms with Crippen molar-refractivity contribution in [2.45, 2.75) is 25.7 Å². The predicted molar refractivity (Wildman–Crippen MR) is 67.4 cm³/mol. The highest BCUT2D eigenvalue weighted by Gasteiger charge is 2.34. The first-order chi connectivity index (χ1) is 8.34. The molecule has 0 bridgehead atoms. The molecular formula is C12H11N3OS. The fraction of sp³-hybridized carbons (Fsp3) is 0.417. The second-order valence-corrected chi connectivity index (χ2v) is 5.62. The molecule has 1 amide bonds. The molecule has 1 aromatic rings. The van der Waals surface area contributed by atoms with Crippen molar-refractivity contribution < 1.29 is 4.79 Å². The molecule has 86 valence electrons. The Balaban J connectivity index is 1.94. The Kier molecular flexibility index (Phi) is 1.83. The zero-order chi connectivity index (χ0) is 11.4. The van der Waals surface area contributed by atoms with E-state index < -0.39 is 0 Å². The average molecular weight is 245 g/mol. The second kappa shape index (κ2) is 3.26. The first-order valence-corrected chi connectivity index (χ1v) is 6.72. The summed E-state index contributed by atoms with van der Waals surface area (Å²) in [5, 5.41) is 1.04. The fourth-order valence-corrected chi connectivity index (χ4v) is 3.94. The minimum absolute atomic E-state index is 0.0326. The summed E-state index contributed by atoms with van der Waals surface area (Å²) in [7, 11) is 0. The minimum Gasteiger partial charge on any atom is -0.272 e. The molecule has 17 heavy (non-hydrogen) atoms. The number of carbonyl (C=O) groups is 1. The average Bonchev–Trinajstić information content (AvgIpc) is 2.90. The van der Waals surface area contributed by atoms with Crippen LogP contribution in [0.25, 0.3) is 0 Å². The third-order valence-electron chi connectivity index (χ3n) is 3.53. The molecule has 4 rings (SSSR count). The van der Waals surface area contributed by atoms with Crippen molar-refractivity contribution in [2.75, 3.05) is 6.54 Å². The number of rotatable bonds is 0. The molecule has 0 aromatic carbocycles. The normalized spacial score (nSPS) is 21.1. The third-order valence-corrected chi connectivity index (χ3v) is 4.73. The number of hydrogen-bond donors (Lipinski definition) is 0. The number of nitrogens with zero attached hydrogens (tertiary/aromatic N) is 3. The zero-order valence-corrected chi connectivity index (χ0v) is 10.1. The lowest BCUT2D eigenvalue weighted by molar-refractivity contribution is -0.122. The van der Waals surface area contributed by atoms with Crippen molar-refractivity contribution in [1.82, 2.24) is 4.90 Å². The van der Waals surface area contributed by atoms with E-state index in [-0.39, 0.29) is 12.5 Å². The number of aryl methyl sites for hydroxylation is 1. The molecule has 0 atom stereocenters. The van der Waals surface area contributed by atoms with Crippen LogP contribution in [0.2, 0.25) is 0 Å². The van der Waals surface area contributed by atoms with Crippen molar-refractivity contribution in [1.29, 1.82) is 0 Å². The second-order valence-electron chi connectivity index (χ2n) is 4.54. The monoisotopic (exact) mass is 245 g/mol. The molecule has 3 heterocycles. The van der Waals surface area contributed by atoms with Gasteiger partial charge in [-0.1, -0.05) is 0 Å². The summed E-state index contributed by atoms with van der Waals surface area (Å²) in [5.41, 5.74) is 2.53. The summed E-state index contributed by atoms with van der Waals surface area (Å²) >= 11 is 1.77. The highest BCUT2D eigenvalue weighted by atomic mass is 32.1. The number of fused-ring (bicyclic) bond motifs is 5. The van der Waals surface area contributed by atoms with Gasteiger partial charge >= 0.3 is 0 Å². The van der Waals surface area contributed by atoms with Gasteiger partial charge in [-0.2, -0.15) is 0 Å². The molecule has 0 fully saturated rings. The SMILES string of the molecule is O=C1CN=C2c3c(sc4c3CCCC4)N=CN12. The van der Waals surface area contributed by atoms with Crippen molar-refractivity contribution in [3.05, 3.63) is 16.0 Å². The molecule has 0 radical (unpaired) electrons. The molecule has 5 heteroatoms. The Bertz CT molecular complexity index is 585. The van der Waals surface area contributed by atoms with Crippen LogP contribution in [0.1, 0.15) is 28.8 Å². The van der Waals surface area contributed by atoms with Crippen LogP contribution in [-0.2, 0) is 17.6 Å². The molecule has 2 aliphatic heterocycles. The molecule has 0 saturated heterocycles. The quantitative estimate of drug-likeness (QED) is 0.688. The molecule has 0 unspecified atom stereocenters. The number of amidine groups is 1. The van der Waals surface area contributed by atoms with Gasteiger partial charge in [0.15, 0.2) is 0 Å². The summed E-state index contributed by atoms with van der Waals surface area (Å²) in [4.78, 5) is 23.5. The van der Waals surface area contributed by atoms with Crippen LogP contribution in [0.3, 0.4) is 0 Å². The summed E-state index contributed by atoms with van der Waals surface area (Å²) in [5.74, 6) is 0.865. The number of carbonyl (C=O) groups excluding carboxylic acids is 1. The van der Waals surface area contributed by atoms with Crippen molar-refractivity contribution in [2.24, 2.45) is 9.98 Å². The van der Waals surface area contributed by atoms with Gasteiger partial charge < -0.3 is 0 Å². The lowest BCUT2D eigenvalue weighted by Crippen LogP contribution is -2.33. The third kappa shape index (κ3) is 1.20. The van der Waals surface area contributed by atoms with Crippen LogP contribution in [0.15, 0.2) is 9.98 Å². The van der Waals surface area contributed by atoms with E-state index in [1.165, 1.54) is 23.3 Å². The Labute approximate surface area is 103 Å². The number of amides is 1. The molecule has 3 aliphatic rings. The molecular weight excluding hydrogens is 234 g/mol. The molecule has 1 aromatic heterocycles. The number of thiophene rings is 1. The van der Waals surface area contributed by atoms with Crippen LogP contribution in [-0.4, -0.2) is 29.5 Å². The maximum Gasteiger partial charge on any atom is 0.255 e. The van der Waals surface area contributed by atoms with E-state index in [0.717, 1.165) is 29.2 Å². The lowest BCUT2D eigenvalue weighted by atomic mass is 9.94. The van der Waals surface area contributed by atoms with Crippen LogP contribution >= 0.6 is 11.3 Å². The van der Waals surface area contributed by atoms with Gasteiger partial charge in [0.1, 0.15) is 23.7 Å². The molecule has 0 N–H and O–H groups in total. The Hall–Kier alpha value is -1.49. The van der Waals surface area contributed by atoms with E-state index in [0.29, 0.717) is 0 Å². The highest BCUT2D eigenvalue weighted by Crippen LogP contribution is 2.42.